The molecule has 0 saturated carbocycles. The van der Waals surface area contributed by atoms with Gasteiger partial charge in [0.1, 0.15) is 5.82 Å². The summed E-state index contributed by atoms with van der Waals surface area (Å²) in [6, 6.07) is 0.920. The van der Waals surface area contributed by atoms with E-state index >= 15 is 0 Å². The molecule has 0 aromatic carbocycles. The number of hydrogen-bond donors (Lipinski definition) is 1. The molecule has 0 fully saturated rings. The zero-order valence-electron chi connectivity index (χ0n) is 11.7. The fraction of sp³-hybridized carbons (Fsp3) is 0.417. The first-order valence-corrected chi connectivity index (χ1v) is 6.96. The highest BCUT2D eigenvalue weighted by Crippen LogP contribution is 2.32. The van der Waals surface area contributed by atoms with Crippen molar-refractivity contribution in [2.24, 2.45) is 0 Å². The summed E-state index contributed by atoms with van der Waals surface area (Å²) in [7, 11) is 3.25. The third kappa shape index (κ3) is 3.87. The van der Waals surface area contributed by atoms with Crippen LogP contribution in [0.3, 0.4) is 0 Å². The number of alkyl halides is 3. The fourth-order valence-corrected chi connectivity index (χ4v) is 2.23. The van der Waals surface area contributed by atoms with E-state index in [4.69, 9.17) is 0 Å². The van der Waals surface area contributed by atoms with E-state index in [1.54, 1.807) is 20.3 Å². The number of aromatic nitrogens is 4. The van der Waals surface area contributed by atoms with Gasteiger partial charge in [0.2, 0.25) is 0 Å². The predicted octanol–water partition coefficient (Wildman–Crippen LogP) is 3.00. The van der Waals surface area contributed by atoms with Gasteiger partial charge in [0.25, 0.3) is 0 Å². The van der Waals surface area contributed by atoms with Gasteiger partial charge in [-0.2, -0.15) is 13.2 Å². The summed E-state index contributed by atoms with van der Waals surface area (Å²) < 4.78 is 38.6. The van der Waals surface area contributed by atoms with Crippen LogP contribution < -0.4 is 4.90 Å². The highest BCUT2D eigenvalue weighted by Gasteiger charge is 2.34. The molecule has 114 valence electrons. The van der Waals surface area contributed by atoms with Gasteiger partial charge in [-0.05, 0) is 18.2 Å². The molecule has 0 saturated heterocycles. The minimum Gasteiger partial charge on any atom is -0.363 e. The summed E-state index contributed by atoms with van der Waals surface area (Å²) in [5.41, 5.74) is -0.0664. The molecule has 0 atom stereocenters. The van der Waals surface area contributed by atoms with Gasteiger partial charge in [-0.3, -0.25) is 0 Å². The SMILES string of the molecule is CCc1cnc(Sc2nc(N(C)C)cc(C(F)(F)F)n2)[nH]1. The van der Waals surface area contributed by atoms with E-state index in [1.807, 2.05) is 6.92 Å². The first kappa shape index (κ1) is 15.6. The normalized spacial score (nSPS) is 11.7. The molecule has 0 bridgehead atoms. The molecule has 9 heteroatoms. The smallest absolute Gasteiger partial charge is 0.363 e. The molecule has 0 aliphatic heterocycles. The number of anilines is 1. The van der Waals surface area contributed by atoms with Crippen molar-refractivity contribution in [3.05, 3.63) is 23.7 Å². The predicted molar refractivity (Wildman–Crippen MR) is 73.4 cm³/mol. The minimum absolute atomic E-state index is 0.00512. The first-order chi connectivity index (χ1) is 9.79. The second-order valence-corrected chi connectivity index (χ2v) is 5.41. The van der Waals surface area contributed by atoms with Gasteiger partial charge in [-0.1, -0.05) is 6.92 Å². The monoisotopic (exact) mass is 317 g/mol. The van der Waals surface area contributed by atoms with Crippen molar-refractivity contribution in [1.29, 1.82) is 0 Å². The summed E-state index contributed by atoms with van der Waals surface area (Å²) >= 11 is 0.970. The topological polar surface area (TPSA) is 57.7 Å². The quantitative estimate of drug-likeness (QED) is 0.879. The van der Waals surface area contributed by atoms with Gasteiger partial charge in [0.05, 0.1) is 0 Å². The molecule has 2 heterocycles. The number of rotatable bonds is 4. The third-order valence-corrected chi connectivity index (χ3v) is 3.38. The van der Waals surface area contributed by atoms with Crippen LogP contribution in [0.5, 0.6) is 0 Å². The summed E-state index contributed by atoms with van der Waals surface area (Å²) in [4.78, 5) is 16.2. The first-order valence-electron chi connectivity index (χ1n) is 6.15. The van der Waals surface area contributed by atoms with E-state index in [0.717, 1.165) is 29.9 Å². The molecule has 0 unspecified atom stereocenters. The zero-order chi connectivity index (χ0) is 15.6. The van der Waals surface area contributed by atoms with E-state index in [2.05, 4.69) is 19.9 Å². The molecule has 0 radical (unpaired) electrons. The van der Waals surface area contributed by atoms with Crippen LogP contribution >= 0.6 is 11.8 Å². The Labute approximate surface area is 124 Å². The van der Waals surface area contributed by atoms with Crippen LogP contribution in [0.2, 0.25) is 0 Å². The third-order valence-electron chi connectivity index (χ3n) is 2.61. The number of aromatic amines is 1. The van der Waals surface area contributed by atoms with Crippen LogP contribution in [0, 0.1) is 0 Å². The van der Waals surface area contributed by atoms with Crippen LogP contribution in [0.1, 0.15) is 18.3 Å². The van der Waals surface area contributed by atoms with Gasteiger partial charge in [-0.25, -0.2) is 15.0 Å². The van der Waals surface area contributed by atoms with Crippen molar-refractivity contribution in [3.8, 4) is 0 Å². The molecule has 2 aromatic rings. The highest BCUT2D eigenvalue weighted by atomic mass is 32.2. The number of halogens is 3. The Hall–Kier alpha value is -1.77. The highest BCUT2D eigenvalue weighted by molar-refractivity contribution is 7.99. The largest absolute Gasteiger partial charge is 0.433 e. The summed E-state index contributed by atoms with van der Waals surface area (Å²) in [6.07, 6.45) is -2.11. The molecular formula is C12H14F3N5S. The molecule has 0 aliphatic carbocycles. The fourth-order valence-electron chi connectivity index (χ4n) is 1.49. The van der Waals surface area contributed by atoms with Crippen LogP contribution in [-0.4, -0.2) is 34.0 Å². The Bertz CT molecular complexity index is 624. The number of imidazole rings is 1. The number of nitrogens with zero attached hydrogens (tertiary/aromatic N) is 4. The molecule has 5 nitrogen and oxygen atoms in total. The van der Waals surface area contributed by atoms with E-state index in [1.165, 1.54) is 4.90 Å². The maximum Gasteiger partial charge on any atom is 0.433 e. The van der Waals surface area contributed by atoms with Crippen LogP contribution in [0.15, 0.2) is 22.6 Å². The van der Waals surface area contributed by atoms with Gasteiger partial charge in [0, 0.05) is 32.1 Å². The van der Waals surface area contributed by atoms with Crippen molar-refractivity contribution in [2.45, 2.75) is 29.8 Å². The number of aryl methyl sites for hydroxylation is 1. The van der Waals surface area contributed by atoms with Crippen molar-refractivity contribution in [3.63, 3.8) is 0 Å². The number of nitrogens with one attached hydrogen (secondary N) is 1. The van der Waals surface area contributed by atoms with Crippen molar-refractivity contribution < 1.29 is 13.2 Å². The van der Waals surface area contributed by atoms with E-state index in [9.17, 15) is 13.2 Å². The van der Waals surface area contributed by atoms with E-state index in [-0.39, 0.29) is 11.0 Å². The average molecular weight is 317 g/mol. The summed E-state index contributed by atoms with van der Waals surface area (Å²) in [6.45, 7) is 1.95. The molecular weight excluding hydrogens is 303 g/mol. The summed E-state index contributed by atoms with van der Waals surface area (Å²) in [5.74, 6) is 0.196. The second kappa shape index (κ2) is 5.92. The maximum absolute atomic E-state index is 12.9. The second-order valence-electron chi connectivity index (χ2n) is 4.46. The van der Waals surface area contributed by atoms with Crippen molar-refractivity contribution in [2.75, 3.05) is 19.0 Å². The Balaban J connectivity index is 2.35. The average Bonchev–Trinajstić information content (AvgIpc) is 2.85. The van der Waals surface area contributed by atoms with Gasteiger partial charge >= 0.3 is 6.18 Å². The molecule has 0 aliphatic rings. The van der Waals surface area contributed by atoms with Gasteiger partial charge < -0.3 is 9.88 Å². The Morgan fingerprint density at radius 3 is 2.52 bits per heavy atom. The molecule has 1 N–H and O–H groups in total. The number of hydrogen-bond acceptors (Lipinski definition) is 5. The van der Waals surface area contributed by atoms with Crippen LogP contribution in [-0.2, 0) is 12.6 Å². The van der Waals surface area contributed by atoms with Crippen molar-refractivity contribution >= 4 is 17.6 Å². The Morgan fingerprint density at radius 2 is 2.00 bits per heavy atom. The standard InChI is InChI=1S/C12H14F3N5S/c1-4-7-6-16-10(17-7)21-11-18-8(12(13,14)15)5-9(19-11)20(2)3/h5-6H,4H2,1-3H3,(H,16,17). The maximum atomic E-state index is 12.9. The van der Waals surface area contributed by atoms with Crippen LogP contribution in [0.25, 0.3) is 0 Å². The molecule has 0 spiro atoms. The molecule has 2 rings (SSSR count). The lowest BCUT2D eigenvalue weighted by atomic mass is 10.4. The molecule has 2 aromatic heterocycles. The molecule has 21 heavy (non-hydrogen) atoms. The number of H-pyrrole nitrogens is 1. The Morgan fingerprint density at radius 1 is 1.29 bits per heavy atom. The Kier molecular flexibility index (Phi) is 4.40. The van der Waals surface area contributed by atoms with Gasteiger partial charge in [-0.15, -0.1) is 0 Å². The van der Waals surface area contributed by atoms with E-state index in [0.29, 0.717) is 5.16 Å². The molecule has 0 amide bonds. The zero-order valence-corrected chi connectivity index (χ0v) is 12.5. The lowest BCUT2D eigenvalue weighted by molar-refractivity contribution is -0.141. The van der Waals surface area contributed by atoms with Gasteiger partial charge in [0.15, 0.2) is 16.0 Å². The lowest BCUT2D eigenvalue weighted by Gasteiger charge is -2.14. The van der Waals surface area contributed by atoms with Crippen LogP contribution in [0.4, 0.5) is 19.0 Å². The lowest BCUT2D eigenvalue weighted by Crippen LogP contribution is -2.16. The summed E-state index contributed by atoms with van der Waals surface area (Å²) in [5, 5.41) is 0.474. The minimum atomic E-state index is -4.51. The van der Waals surface area contributed by atoms with Crippen molar-refractivity contribution in [1.82, 2.24) is 19.9 Å². The van der Waals surface area contributed by atoms with E-state index < -0.39 is 11.9 Å².